The van der Waals surface area contributed by atoms with Gasteiger partial charge in [0.15, 0.2) is 17.5 Å². The predicted octanol–water partition coefficient (Wildman–Crippen LogP) is 4.32. The highest BCUT2D eigenvalue weighted by Crippen LogP contribution is 2.45. The van der Waals surface area contributed by atoms with Gasteiger partial charge in [-0.25, -0.2) is 14.5 Å². The molecule has 3 aromatic rings. The first-order chi connectivity index (χ1) is 15.2. The molecule has 0 radical (unpaired) electrons. The Bertz CT molecular complexity index is 1140. The van der Waals surface area contributed by atoms with Gasteiger partial charge in [-0.05, 0) is 29.8 Å². The Morgan fingerprint density at radius 2 is 1.91 bits per heavy atom. The van der Waals surface area contributed by atoms with E-state index >= 15 is 0 Å². The number of ether oxygens (including phenoxy) is 2. The lowest BCUT2D eigenvalue weighted by atomic mass is 9.96. The van der Waals surface area contributed by atoms with Crippen molar-refractivity contribution in [3.05, 3.63) is 53.9 Å². The van der Waals surface area contributed by atoms with Crippen LogP contribution in [-0.4, -0.2) is 46.2 Å². The van der Waals surface area contributed by atoms with E-state index in [2.05, 4.69) is 15.4 Å². The number of hydrogen-bond donors (Lipinski definition) is 2. The van der Waals surface area contributed by atoms with Crippen molar-refractivity contribution in [3.63, 3.8) is 0 Å². The summed E-state index contributed by atoms with van der Waals surface area (Å²) in [4.78, 5) is 14.8. The number of nitrogens with one attached hydrogen (secondary N) is 1. The van der Waals surface area contributed by atoms with Crippen molar-refractivity contribution in [2.24, 2.45) is 0 Å². The van der Waals surface area contributed by atoms with E-state index in [9.17, 15) is 18.0 Å². The van der Waals surface area contributed by atoms with Crippen LogP contribution in [0, 0.1) is 0 Å². The third-order valence-electron chi connectivity index (χ3n) is 5.28. The smallest absolute Gasteiger partial charge is 0.410 e. The molecule has 11 heteroatoms. The zero-order chi connectivity index (χ0) is 23.0. The molecule has 0 saturated carbocycles. The Morgan fingerprint density at radius 1 is 1.16 bits per heavy atom. The van der Waals surface area contributed by atoms with Crippen molar-refractivity contribution in [3.8, 4) is 22.8 Å². The van der Waals surface area contributed by atoms with Crippen molar-refractivity contribution >= 4 is 11.8 Å². The summed E-state index contributed by atoms with van der Waals surface area (Å²) >= 11 is 0. The number of fused-ring (bicyclic) bond motifs is 1. The van der Waals surface area contributed by atoms with Crippen LogP contribution in [0.1, 0.15) is 34.6 Å². The lowest BCUT2D eigenvalue weighted by molar-refractivity contribution is -0.173. The van der Waals surface area contributed by atoms with Gasteiger partial charge in [-0.3, -0.25) is 0 Å². The molecule has 3 heterocycles. The molecule has 2 atom stereocenters. The number of halogens is 3. The molecular formula is C21H19F3N4O4. The van der Waals surface area contributed by atoms with Gasteiger partial charge in [-0.15, -0.1) is 0 Å². The molecule has 2 N–H and O–H groups in total. The van der Waals surface area contributed by atoms with Crippen LogP contribution in [0.5, 0.6) is 11.5 Å². The summed E-state index contributed by atoms with van der Waals surface area (Å²) in [6, 6.07) is 6.70. The van der Waals surface area contributed by atoms with Gasteiger partial charge in [-0.2, -0.15) is 18.3 Å². The number of benzene rings is 1. The summed E-state index contributed by atoms with van der Waals surface area (Å²) in [6.07, 6.45) is -3.53. The van der Waals surface area contributed by atoms with Gasteiger partial charge in [0.25, 0.3) is 0 Å². The number of carboxylic acid groups (broad SMARTS) is 1. The van der Waals surface area contributed by atoms with E-state index in [-0.39, 0.29) is 23.6 Å². The van der Waals surface area contributed by atoms with E-state index < -0.39 is 24.2 Å². The molecular weight excluding hydrogens is 429 g/mol. The lowest BCUT2D eigenvalue weighted by Crippen LogP contribution is -2.35. The van der Waals surface area contributed by atoms with E-state index in [0.29, 0.717) is 22.6 Å². The third kappa shape index (κ3) is 3.93. The number of aromatic nitrogens is 3. The average Bonchev–Trinajstić information content (AvgIpc) is 3.21. The Labute approximate surface area is 180 Å². The molecule has 8 nitrogen and oxygen atoms in total. The number of alkyl halides is 3. The van der Waals surface area contributed by atoms with Crippen LogP contribution in [0.4, 0.5) is 19.0 Å². The molecule has 2 unspecified atom stereocenters. The minimum atomic E-state index is -4.53. The zero-order valence-corrected chi connectivity index (χ0v) is 17.1. The maximum absolute atomic E-state index is 13.9. The molecule has 168 valence electrons. The molecule has 32 heavy (non-hydrogen) atoms. The second-order valence-corrected chi connectivity index (χ2v) is 7.20. The predicted molar refractivity (Wildman–Crippen MR) is 108 cm³/mol. The molecule has 2 aromatic heterocycles. The standard InChI is InChI=1S/C21H19F3N4O4/c1-31-16-6-4-11(7-17(16)32-2)14-8-18(21(22,23)24)28-19(26-14)9-15(27-28)12-3-5-13(20(29)30)25-10-12/h3-7,9-10,14,18,26H,8H2,1-2H3,(H,29,30). The van der Waals surface area contributed by atoms with E-state index in [1.165, 1.54) is 38.6 Å². The number of carboxylic acids is 1. The van der Waals surface area contributed by atoms with Crippen molar-refractivity contribution in [2.75, 3.05) is 19.5 Å². The van der Waals surface area contributed by atoms with Crippen LogP contribution < -0.4 is 14.8 Å². The summed E-state index contributed by atoms with van der Waals surface area (Å²) in [6.45, 7) is 0. The molecule has 0 saturated heterocycles. The van der Waals surface area contributed by atoms with Gasteiger partial charge in [-0.1, -0.05) is 6.07 Å². The van der Waals surface area contributed by atoms with Crippen LogP contribution in [0.15, 0.2) is 42.6 Å². The maximum Gasteiger partial charge on any atom is 0.410 e. The average molecular weight is 448 g/mol. The number of nitrogens with zero attached hydrogens (tertiary/aromatic N) is 3. The van der Waals surface area contributed by atoms with Gasteiger partial charge in [0.2, 0.25) is 0 Å². The highest BCUT2D eigenvalue weighted by Gasteiger charge is 2.46. The van der Waals surface area contributed by atoms with Crippen molar-refractivity contribution in [1.29, 1.82) is 0 Å². The van der Waals surface area contributed by atoms with E-state index in [1.807, 2.05) is 0 Å². The van der Waals surface area contributed by atoms with Gasteiger partial charge in [0.1, 0.15) is 11.5 Å². The largest absolute Gasteiger partial charge is 0.493 e. The van der Waals surface area contributed by atoms with Gasteiger partial charge in [0, 0.05) is 24.2 Å². The highest BCUT2D eigenvalue weighted by atomic mass is 19.4. The molecule has 4 rings (SSSR count). The molecule has 1 aromatic carbocycles. The summed E-state index contributed by atoms with van der Waals surface area (Å²) in [7, 11) is 2.94. The highest BCUT2D eigenvalue weighted by molar-refractivity contribution is 5.85. The van der Waals surface area contributed by atoms with Gasteiger partial charge < -0.3 is 19.9 Å². The molecule has 0 amide bonds. The van der Waals surface area contributed by atoms with Crippen LogP contribution in [-0.2, 0) is 0 Å². The SMILES string of the molecule is COc1ccc(C2CC(C(F)(F)F)n3nc(-c4ccc(C(=O)O)nc4)cc3N2)cc1OC. The van der Waals surface area contributed by atoms with Crippen molar-refractivity contribution in [2.45, 2.75) is 24.7 Å². The number of rotatable bonds is 5. The Balaban J connectivity index is 1.71. The minimum absolute atomic E-state index is 0.169. The normalized spacial score (nSPS) is 17.9. The monoisotopic (exact) mass is 448 g/mol. The fourth-order valence-electron chi connectivity index (χ4n) is 3.67. The molecule has 0 bridgehead atoms. The molecule has 1 aliphatic rings. The summed E-state index contributed by atoms with van der Waals surface area (Å²) in [5.41, 5.74) is 1.09. The van der Waals surface area contributed by atoms with Crippen LogP contribution in [0.2, 0.25) is 0 Å². The van der Waals surface area contributed by atoms with Crippen LogP contribution in [0.3, 0.4) is 0 Å². The lowest BCUT2D eigenvalue weighted by Gasteiger charge is -2.33. The first kappa shape index (κ1) is 21.5. The van der Waals surface area contributed by atoms with Crippen LogP contribution in [0.25, 0.3) is 11.3 Å². The Hall–Kier alpha value is -3.76. The van der Waals surface area contributed by atoms with E-state index in [4.69, 9.17) is 14.6 Å². The fourth-order valence-corrected chi connectivity index (χ4v) is 3.67. The first-order valence-electron chi connectivity index (χ1n) is 9.55. The fraction of sp³-hybridized carbons (Fsp3) is 0.286. The number of hydrogen-bond acceptors (Lipinski definition) is 6. The summed E-state index contributed by atoms with van der Waals surface area (Å²) in [5, 5.41) is 16.2. The van der Waals surface area contributed by atoms with E-state index in [0.717, 1.165) is 4.68 Å². The number of methoxy groups -OCH3 is 2. The second-order valence-electron chi connectivity index (χ2n) is 7.20. The summed E-state index contributed by atoms with van der Waals surface area (Å²) < 4.78 is 53.1. The Kier molecular flexibility index (Phi) is 5.41. The zero-order valence-electron chi connectivity index (χ0n) is 17.1. The quantitative estimate of drug-likeness (QED) is 0.600. The maximum atomic E-state index is 13.9. The van der Waals surface area contributed by atoms with Gasteiger partial charge in [0.05, 0.1) is 26.0 Å². The topological polar surface area (TPSA) is 98.5 Å². The molecule has 0 aliphatic carbocycles. The third-order valence-corrected chi connectivity index (χ3v) is 5.28. The molecule has 0 spiro atoms. The molecule has 0 fully saturated rings. The number of aromatic carboxylic acids is 1. The summed E-state index contributed by atoms with van der Waals surface area (Å²) in [5.74, 6) is -0.114. The van der Waals surface area contributed by atoms with Crippen molar-refractivity contribution in [1.82, 2.24) is 14.8 Å². The molecule has 1 aliphatic heterocycles. The second kappa shape index (κ2) is 8.06. The number of anilines is 1. The van der Waals surface area contributed by atoms with Crippen LogP contribution >= 0.6 is 0 Å². The number of pyridine rings is 1. The minimum Gasteiger partial charge on any atom is -0.493 e. The Morgan fingerprint density at radius 3 is 2.50 bits per heavy atom. The van der Waals surface area contributed by atoms with Crippen molar-refractivity contribution < 1.29 is 32.5 Å². The van der Waals surface area contributed by atoms with E-state index in [1.54, 1.807) is 18.2 Å². The van der Waals surface area contributed by atoms with Gasteiger partial charge >= 0.3 is 12.1 Å². The first-order valence-corrected chi connectivity index (χ1v) is 9.55. The number of carbonyl (C=O) groups is 1.